The number of hydrogen-bond acceptors (Lipinski definition) is 0. The van der Waals surface area contributed by atoms with Crippen LogP contribution in [0.4, 0.5) is 0 Å². The highest BCUT2D eigenvalue weighted by molar-refractivity contribution is 7.04. The Morgan fingerprint density at radius 3 is 1.96 bits per heavy atom. The maximum Gasteiger partial charge on any atom is 0.129 e. The van der Waals surface area contributed by atoms with E-state index in [2.05, 4.69) is 102 Å². The van der Waals surface area contributed by atoms with Crippen LogP contribution in [0.3, 0.4) is 0 Å². The van der Waals surface area contributed by atoms with E-state index in [0.29, 0.717) is 0 Å². The molecule has 123 valence electrons. The molecule has 1 heteroatoms. The van der Waals surface area contributed by atoms with Crippen LogP contribution in [0.15, 0.2) is 71.3 Å². The second kappa shape index (κ2) is 5.89. The molecule has 0 bridgehead atoms. The first-order valence-corrected chi connectivity index (χ1v) is 11.2. The monoisotopic (exact) mass is 331 g/mol. The van der Waals surface area contributed by atoms with Gasteiger partial charge in [-0.25, -0.2) is 0 Å². The van der Waals surface area contributed by atoms with Crippen molar-refractivity contribution in [3.63, 3.8) is 0 Å². The van der Waals surface area contributed by atoms with Gasteiger partial charge in [0.05, 0.1) is 0 Å². The Morgan fingerprint density at radius 1 is 0.833 bits per heavy atom. The van der Waals surface area contributed by atoms with E-state index in [0.717, 1.165) is 0 Å². The quantitative estimate of drug-likeness (QED) is 0.691. The van der Waals surface area contributed by atoms with E-state index < -0.39 is 8.07 Å². The highest BCUT2D eigenvalue weighted by Gasteiger charge is 2.52. The van der Waals surface area contributed by atoms with Crippen LogP contribution in [0.1, 0.15) is 33.3 Å². The zero-order chi connectivity index (χ0) is 17.5. The molecule has 0 fully saturated rings. The molecule has 2 aromatic rings. The van der Waals surface area contributed by atoms with Crippen LogP contribution in [-0.4, -0.2) is 8.07 Å². The summed E-state index contributed by atoms with van der Waals surface area (Å²) in [7, 11) is -2.07. The fourth-order valence-corrected chi connectivity index (χ4v) is 9.30. The van der Waals surface area contributed by atoms with Gasteiger partial charge in [0.15, 0.2) is 0 Å². The van der Waals surface area contributed by atoms with Gasteiger partial charge in [0.2, 0.25) is 0 Å². The van der Waals surface area contributed by atoms with E-state index in [-0.39, 0.29) is 5.04 Å². The number of allylic oxidation sites excluding steroid dienone is 4. The molecular weight excluding hydrogens is 304 g/mol. The third kappa shape index (κ3) is 2.26. The Bertz CT molecular complexity index is 828. The maximum atomic E-state index is 3.90. The average molecular weight is 332 g/mol. The van der Waals surface area contributed by atoms with Gasteiger partial charge in [0.1, 0.15) is 8.07 Å². The minimum absolute atomic E-state index is 0.0192. The molecule has 2 unspecified atom stereocenters. The van der Waals surface area contributed by atoms with Crippen LogP contribution >= 0.6 is 0 Å². The van der Waals surface area contributed by atoms with Crippen LogP contribution in [0, 0.1) is 13.0 Å². The summed E-state index contributed by atoms with van der Waals surface area (Å²) in [5.41, 5.74) is 5.62. The van der Waals surface area contributed by atoms with Crippen LogP contribution in [-0.2, 0) is 0 Å². The van der Waals surface area contributed by atoms with Crippen LogP contribution in [0.5, 0.6) is 0 Å². The molecule has 2 aromatic carbocycles. The summed E-state index contributed by atoms with van der Waals surface area (Å²) in [6.07, 6.45) is 3.90. The van der Waals surface area contributed by atoms with Gasteiger partial charge in [-0.2, -0.15) is 0 Å². The van der Waals surface area contributed by atoms with Crippen LogP contribution < -0.4 is 10.4 Å². The molecule has 1 aliphatic rings. The first kappa shape index (κ1) is 17.0. The minimum atomic E-state index is -2.07. The standard InChI is InChI=1S/C23H27Si/c1-17-12-10-11-15-22(17)24(6,21-13-8-7-9-14-21)23(5)16-18(2)19(3)20(23)4/h7-15H,1-6H3. The molecule has 3 rings (SSSR count). The SMILES string of the molecule is CC1=[C]C(C)([Si](C)(c2ccccc2)c2ccccc2C)C(C)=C1C. The Labute approximate surface area is 147 Å². The Morgan fingerprint density at radius 2 is 1.42 bits per heavy atom. The number of aryl methyl sites for hydroxylation is 1. The molecule has 0 saturated carbocycles. The Balaban J connectivity index is 2.36. The van der Waals surface area contributed by atoms with Crippen molar-refractivity contribution in [3.8, 4) is 0 Å². The Kier molecular flexibility index (Phi) is 4.17. The van der Waals surface area contributed by atoms with Crippen molar-refractivity contribution in [1.29, 1.82) is 0 Å². The summed E-state index contributed by atoms with van der Waals surface area (Å²) >= 11 is 0. The number of rotatable bonds is 3. The first-order chi connectivity index (χ1) is 11.3. The van der Waals surface area contributed by atoms with Gasteiger partial charge in [-0.05, 0) is 44.9 Å². The lowest BCUT2D eigenvalue weighted by molar-refractivity contribution is 0.842. The Hall–Kier alpha value is -1.86. The summed E-state index contributed by atoms with van der Waals surface area (Å²) in [5, 5.41) is 2.98. The second-order valence-electron chi connectivity index (χ2n) is 7.43. The smallest absolute Gasteiger partial charge is 0.0625 e. The fraction of sp³-hybridized carbons (Fsp3) is 0.304. The van der Waals surface area contributed by atoms with E-state index in [1.165, 1.54) is 32.7 Å². The summed E-state index contributed by atoms with van der Waals surface area (Å²) in [5.74, 6) is 0. The van der Waals surface area contributed by atoms with Gasteiger partial charge in [-0.1, -0.05) is 89.6 Å². The van der Waals surface area contributed by atoms with E-state index in [4.69, 9.17) is 0 Å². The molecule has 0 N–H and O–H groups in total. The van der Waals surface area contributed by atoms with Crippen molar-refractivity contribution >= 4 is 18.4 Å². The second-order valence-corrected chi connectivity index (χ2v) is 11.8. The minimum Gasteiger partial charge on any atom is -0.0625 e. The van der Waals surface area contributed by atoms with Crippen molar-refractivity contribution < 1.29 is 0 Å². The largest absolute Gasteiger partial charge is 0.129 e. The van der Waals surface area contributed by atoms with Crippen molar-refractivity contribution in [3.05, 3.63) is 83.0 Å². The normalized spacial score (nSPS) is 23.2. The fourth-order valence-electron chi connectivity index (χ4n) is 4.34. The lowest BCUT2D eigenvalue weighted by Crippen LogP contribution is -2.63. The molecule has 0 spiro atoms. The zero-order valence-corrected chi connectivity index (χ0v) is 16.7. The third-order valence-corrected chi connectivity index (χ3v) is 12.0. The summed E-state index contributed by atoms with van der Waals surface area (Å²) in [6, 6.07) is 20.1. The van der Waals surface area contributed by atoms with Crippen molar-refractivity contribution in [2.45, 2.75) is 46.2 Å². The number of hydrogen-bond donors (Lipinski definition) is 0. The van der Waals surface area contributed by atoms with Crippen LogP contribution in [0.2, 0.25) is 11.6 Å². The van der Waals surface area contributed by atoms with Crippen molar-refractivity contribution in [2.75, 3.05) is 0 Å². The highest BCUT2D eigenvalue weighted by atomic mass is 28.3. The molecule has 0 aromatic heterocycles. The van der Waals surface area contributed by atoms with Gasteiger partial charge in [0.25, 0.3) is 0 Å². The summed E-state index contributed by atoms with van der Waals surface area (Å²) < 4.78 is 0. The lowest BCUT2D eigenvalue weighted by Gasteiger charge is -2.44. The van der Waals surface area contributed by atoms with E-state index in [9.17, 15) is 0 Å². The molecule has 0 nitrogen and oxygen atoms in total. The molecule has 1 radical (unpaired) electrons. The average Bonchev–Trinajstić information content (AvgIpc) is 2.79. The lowest BCUT2D eigenvalue weighted by atomic mass is 10.0. The highest BCUT2D eigenvalue weighted by Crippen LogP contribution is 2.52. The third-order valence-electron chi connectivity index (χ3n) is 6.35. The van der Waals surface area contributed by atoms with Gasteiger partial charge < -0.3 is 0 Å². The maximum absolute atomic E-state index is 3.90. The molecule has 0 amide bonds. The topological polar surface area (TPSA) is 0 Å². The predicted octanol–water partition coefficient (Wildman–Crippen LogP) is 5.05. The van der Waals surface area contributed by atoms with Gasteiger partial charge in [-0.15, -0.1) is 0 Å². The van der Waals surface area contributed by atoms with E-state index >= 15 is 0 Å². The van der Waals surface area contributed by atoms with E-state index in [1.807, 2.05) is 0 Å². The molecular formula is C23H27Si. The predicted molar refractivity (Wildman–Crippen MR) is 108 cm³/mol. The molecule has 2 atom stereocenters. The molecule has 0 heterocycles. The van der Waals surface area contributed by atoms with Crippen LogP contribution in [0.25, 0.3) is 0 Å². The van der Waals surface area contributed by atoms with Crippen molar-refractivity contribution in [1.82, 2.24) is 0 Å². The number of benzene rings is 2. The van der Waals surface area contributed by atoms with E-state index in [1.54, 1.807) is 0 Å². The first-order valence-electron chi connectivity index (χ1n) is 8.74. The van der Waals surface area contributed by atoms with Gasteiger partial charge in [-0.3, -0.25) is 0 Å². The van der Waals surface area contributed by atoms with Gasteiger partial charge in [0, 0.05) is 5.04 Å². The summed E-state index contributed by atoms with van der Waals surface area (Å²) in [6.45, 7) is 14.0. The molecule has 1 aliphatic carbocycles. The van der Waals surface area contributed by atoms with Gasteiger partial charge >= 0.3 is 0 Å². The molecule has 0 aliphatic heterocycles. The molecule has 0 saturated heterocycles. The zero-order valence-electron chi connectivity index (χ0n) is 15.7. The summed E-state index contributed by atoms with van der Waals surface area (Å²) in [4.78, 5) is 0. The molecule has 24 heavy (non-hydrogen) atoms. The van der Waals surface area contributed by atoms with Crippen molar-refractivity contribution in [2.24, 2.45) is 0 Å².